The first kappa shape index (κ1) is 11.5. The Hall–Kier alpha value is -2.55. The number of aromatic amines is 1. The smallest absolute Gasteiger partial charge is 0.145 e. The lowest BCUT2D eigenvalue weighted by Crippen LogP contribution is -1.88. The molecule has 3 aromatic rings. The Balaban J connectivity index is 1.79. The van der Waals surface area contributed by atoms with E-state index in [4.69, 9.17) is 5.73 Å². The molecule has 1 heterocycles. The summed E-state index contributed by atoms with van der Waals surface area (Å²) in [6.07, 6.45) is 0.819. The molecule has 0 spiro atoms. The van der Waals surface area contributed by atoms with Crippen LogP contribution < -0.4 is 5.73 Å². The van der Waals surface area contributed by atoms with Crippen LogP contribution in [-0.4, -0.2) is 10.2 Å². The van der Waals surface area contributed by atoms with E-state index in [0.29, 0.717) is 5.82 Å². The van der Waals surface area contributed by atoms with Crippen molar-refractivity contribution in [1.29, 1.82) is 0 Å². The van der Waals surface area contributed by atoms with Crippen LogP contribution in [0.2, 0.25) is 0 Å². The molecule has 0 atom stereocenters. The molecular weight excluding hydrogens is 234 g/mol. The van der Waals surface area contributed by atoms with Crippen LogP contribution in [0.4, 0.5) is 5.82 Å². The third-order valence-corrected chi connectivity index (χ3v) is 3.11. The van der Waals surface area contributed by atoms with Gasteiger partial charge in [-0.25, -0.2) is 0 Å². The van der Waals surface area contributed by atoms with Crippen LogP contribution in [0.25, 0.3) is 11.1 Å². The van der Waals surface area contributed by atoms with Gasteiger partial charge in [0.15, 0.2) is 0 Å². The normalized spacial score (nSPS) is 10.5. The summed E-state index contributed by atoms with van der Waals surface area (Å²) in [5, 5.41) is 6.86. The van der Waals surface area contributed by atoms with Crippen molar-refractivity contribution in [2.75, 3.05) is 5.73 Å². The lowest BCUT2D eigenvalue weighted by molar-refractivity contribution is 1.000. The molecule has 3 nitrogen and oxygen atoms in total. The highest BCUT2D eigenvalue weighted by Crippen LogP contribution is 2.20. The molecule has 0 saturated heterocycles. The molecule has 0 amide bonds. The van der Waals surface area contributed by atoms with Gasteiger partial charge in [0.2, 0.25) is 0 Å². The summed E-state index contributed by atoms with van der Waals surface area (Å²) >= 11 is 0. The Kier molecular flexibility index (Phi) is 3.02. The van der Waals surface area contributed by atoms with Gasteiger partial charge in [-0.3, -0.25) is 5.10 Å². The second-order valence-electron chi connectivity index (χ2n) is 4.56. The predicted octanol–water partition coefficient (Wildman–Crippen LogP) is 3.25. The molecule has 0 aliphatic heterocycles. The van der Waals surface area contributed by atoms with Gasteiger partial charge < -0.3 is 5.73 Å². The topological polar surface area (TPSA) is 54.7 Å². The van der Waals surface area contributed by atoms with Crippen LogP contribution in [0.5, 0.6) is 0 Å². The predicted molar refractivity (Wildman–Crippen MR) is 77.7 cm³/mol. The van der Waals surface area contributed by atoms with Crippen molar-refractivity contribution in [3.05, 3.63) is 71.9 Å². The zero-order valence-corrected chi connectivity index (χ0v) is 10.5. The number of nitrogens with one attached hydrogen (secondary N) is 1. The van der Waals surface area contributed by atoms with E-state index in [2.05, 4.69) is 58.7 Å². The van der Waals surface area contributed by atoms with E-state index in [9.17, 15) is 0 Å². The molecule has 0 unspecified atom stereocenters. The number of aromatic nitrogens is 2. The molecule has 0 bridgehead atoms. The van der Waals surface area contributed by atoms with Crippen LogP contribution in [0.3, 0.4) is 0 Å². The maximum atomic E-state index is 5.59. The summed E-state index contributed by atoms with van der Waals surface area (Å²) < 4.78 is 0. The van der Waals surface area contributed by atoms with Crippen molar-refractivity contribution in [1.82, 2.24) is 10.2 Å². The molecule has 19 heavy (non-hydrogen) atoms. The number of hydrogen-bond acceptors (Lipinski definition) is 2. The first-order chi connectivity index (χ1) is 9.31. The first-order valence-corrected chi connectivity index (χ1v) is 6.25. The van der Waals surface area contributed by atoms with Crippen LogP contribution in [0.15, 0.2) is 60.7 Å². The minimum absolute atomic E-state index is 0.538. The number of nitrogen functional groups attached to an aromatic ring is 1. The zero-order chi connectivity index (χ0) is 13.1. The Labute approximate surface area is 112 Å². The highest BCUT2D eigenvalue weighted by molar-refractivity contribution is 5.63. The van der Waals surface area contributed by atoms with E-state index in [1.165, 1.54) is 16.7 Å². The summed E-state index contributed by atoms with van der Waals surface area (Å²) in [4.78, 5) is 0. The maximum absolute atomic E-state index is 5.59. The molecule has 1 aromatic heterocycles. The average Bonchev–Trinajstić information content (AvgIpc) is 2.86. The fourth-order valence-electron chi connectivity index (χ4n) is 2.14. The fraction of sp³-hybridized carbons (Fsp3) is 0.0625. The molecule has 3 heteroatoms. The first-order valence-electron chi connectivity index (χ1n) is 6.25. The molecular formula is C16H15N3. The summed E-state index contributed by atoms with van der Waals surface area (Å²) in [6.45, 7) is 0. The fourth-order valence-corrected chi connectivity index (χ4v) is 2.14. The Morgan fingerprint density at radius 3 is 2.21 bits per heavy atom. The molecule has 3 rings (SSSR count). The molecule has 3 N–H and O–H groups in total. The SMILES string of the molecule is Nc1cc(Cc2ccc(-c3ccccc3)cc2)[nH]n1. The molecule has 0 aliphatic carbocycles. The molecule has 0 radical (unpaired) electrons. The van der Waals surface area contributed by atoms with Gasteiger partial charge >= 0.3 is 0 Å². The van der Waals surface area contributed by atoms with Crippen molar-refractivity contribution in [3.8, 4) is 11.1 Å². The van der Waals surface area contributed by atoms with Gasteiger partial charge in [0.1, 0.15) is 5.82 Å². The van der Waals surface area contributed by atoms with Gasteiger partial charge in [-0.1, -0.05) is 54.6 Å². The van der Waals surface area contributed by atoms with Crippen molar-refractivity contribution in [3.63, 3.8) is 0 Å². The van der Waals surface area contributed by atoms with E-state index in [0.717, 1.165) is 12.1 Å². The molecule has 0 fully saturated rings. The minimum atomic E-state index is 0.538. The van der Waals surface area contributed by atoms with E-state index in [1.54, 1.807) is 0 Å². The van der Waals surface area contributed by atoms with Crippen LogP contribution in [0, 0.1) is 0 Å². The van der Waals surface area contributed by atoms with E-state index >= 15 is 0 Å². The van der Waals surface area contributed by atoms with Crippen molar-refractivity contribution >= 4 is 5.82 Å². The molecule has 2 aromatic carbocycles. The lowest BCUT2D eigenvalue weighted by Gasteiger charge is -2.03. The molecule has 0 aliphatic rings. The van der Waals surface area contributed by atoms with Gasteiger partial charge in [-0.2, -0.15) is 5.10 Å². The third kappa shape index (κ3) is 2.65. The quantitative estimate of drug-likeness (QED) is 0.748. The van der Waals surface area contributed by atoms with Crippen molar-refractivity contribution in [2.24, 2.45) is 0 Å². The molecule has 94 valence electrons. The van der Waals surface area contributed by atoms with E-state index in [-0.39, 0.29) is 0 Å². The standard InChI is InChI=1S/C16H15N3/c17-16-11-15(18-19-16)10-12-6-8-14(9-7-12)13-4-2-1-3-5-13/h1-9,11H,10H2,(H3,17,18,19). The second kappa shape index (κ2) is 4.98. The number of benzene rings is 2. The highest BCUT2D eigenvalue weighted by atomic mass is 15.1. The number of nitrogens with two attached hydrogens (primary N) is 1. The van der Waals surface area contributed by atoms with Gasteiger partial charge in [-0.05, 0) is 16.7 Å². The second-order valence-corrected chi connectivity index (χ2v) is 4.56. The largest absolute Gasteiger partial charge is 0.382 e. The van der Waals surface area contributed by atoms with Gasteiger partial charge in [0.25, 0.3) is 0 Å². The average molecular weight is 249 g/mol. The Morgan fingerprint density at radius 2 is 1.58 bits per heavy atom. The van der Waals surface area contributed by atoms with Crippen molar-refractivity contribution in [2.45, 2.75) is 6.42 Å². The van der Waals surface area contributed by atoms with E-state index in [1.807, 2.05) is 12.1 Å². The minimum Gasteiger partial charge on any atom is -0.382 e. The zero-order valence-electron chi connectivity index (χ0n) is 10.5. The Morgan fingerprint density at radius 1 is 0.895 bits per heavy atom. The van der Waals surface area contributed by atoms with Crippen LogP contribution >= 0.6 is 0 Å². The summed E-state index contributed by atoms with van der Waals surface area (Å²) in [5.41, 5.74) is 10.3. The third-order valence-electron chi connectivity index (χ3n) is 3.11. The van der Waals surface area contributed by atoms with Crippen LogP contribution in [-0.2, 0) is 6.42 Å². The number of nitrogens with zero attached hydrogens (tertiary/aromatic N) is 1. The summed E-state index contributed by atoms with van der Waals surface area (Å²) in [7, 11) is 0. The monoisotopic (exact) mass is 249 g/mol. The summed E-state index contributed by atoms with van der Waals surface area (Å²) in [6, 6.07) is 20.8. The summed E-state index contributed by atoms with van der Waals surface area (Å²) in [5.74, 6) is 0.538. The number of rotatable bonds is 3. The lowest BCUT2D eigenvalue weighted by atomic mass is 10.0. The Bertz CT molecular complexity index is 654. The van der Waals surface area contributed by atoms with Gasteiger partial charge in [-0.15, -0.1) is 0 Å². The van der Waals surface area contributed by atoms with Crippen molar-refractivity contribution < 1.29 is 0 Å². The van der Waals surface area contributed by atoms with E-state index < -0.39 is 0 Å². The number of anilines is 1. The maximum Gasteiger partial charge on any atom is 0.145 e. The number of H-pyrrole nitrogens is 1. The van der Waals surface area contributed by atoms with Gasteiger partial charge in [0, 0.05) is 18.2 Å². The highest BCUT2D eigenvalue weighted by Gasteiger charge is 2.01. The van der Waals surface area contributed by atoms with Gasteiger partial charge in [0.05, 0.1) is 0 Å². The van der Waals surface area contributed by atoms with Crippen LogP contribution in [0.1, 0.15) is 11.3 Å². The molecule has 0 saturated carbocycles. The number of hydrogen-bond donors (Lipinski definition) is 2.